The summed E-state index contributed by atoms with van der Waals surface area (Å²) < 4.78 is 19.0. The van der Waals surface area contributed by atoms with Crippen molar-refractivity contribution in [2.75, 3.05) is 32.6 Å². The maximum Gasteiger partial charge on any atom is 0.191 e. The van der Waals surface area contributed by atoms with Gasteiger partial charge in [-0.3, -0.25) is 0 Å². The number of hydrogen-bond donors (Lipinski definition) is 2. The molecule has 0 atom stereocenters. The molecule has 134 valence electrons. The Hall–Kier alpha value is -1.27. The van der Waals surface area contributed by atoms with E-state index in [-0.39, 0.29) is 5.82 Å². The summed E-state index contributed by atoms with van der Waals surface area (Å²) in [5.41, 5.74) is 2.07. The smallest absolute Gasteiger partial charge is 0.191 e. The second kappa shape index (κ2) is 10.6. The Balaban J connectivity index is 1.84. The summed E-state index contributed by atoms with van der Waals surface area (Å²) in [6, 6.07) is 4.93. The number of halogens is 1. The van der Waals surface area contributed by atoms with Crippen LogP contribution in [-0.2, 0) is 17.0 Å². The largest absolute Gasteiger partial charge is 0.379 e. The number of hydrogen-bond acceptors (Lipinski definition) is 3. The SMILES string of the molecule is CCNC(=NCc1ccc(F)cc1CSC)NCCOCC1CC1. The molecule has 0 bridgehead atoms. The van der Waals surface area contributed by atoms with E-state index in [0.29, 0.717) is 13.2 Å². The van der Waals surface area contributed by atoms with Gasteiger partial charge in [0.2, 0.25) is 0 Å². The summed E-state index contributed by atoms with van der Waals surface area (Å²) in [5.74, 6) is 2.17. The van der Waals surface area contributed by atoms with Gasteiger partial charge < -0.3 is 15.4 Å². The quantitative estimate of drug-likeness (QED) is 0.385. The Bertz CT molecular complexity index is 535. The van der Waals surface area contributed by atoms with Gasteiger partial charge in [0.15, 0.2) is 5.96 Å². The van der Waals surface area contributed by atoms with Gasteiger partial charge in [-0.25, -0.2) is 9.38 Å². The van der Waals surface area contributed by atoms with Gasteiger partial charge in [0.1, 0.15) is 5.82 Å². The fourth-order valence-electron chi connectivity index (χ4n) is 2.32. The minimum Gasteiger partial charge on any atom is -0.379 e. The minimum atomic E-state index is -0.190. The lowest BCUT2D eigenvalue weighted by Gasteiger charge is -2.12. The zero-order chi connectivity index (χ0) is 17.2. The molecule has 4 nitrogen and oxygen atoms in total. The molecule has 2 rings (SSSR count). The van der Waals surface area contributed by atoms with E-state index >= 15 is 0 Å². The fraction of sp³-hybridized carbons (Fsp3) is 0.611. The van der Waals surface area contributed by atoms with Crippen LogP contribution in [-0.4, -0.2) is 38.5 Å². The molecule has 0 aliphatic heterocycles. The first kappa shape index (κ1) is 19.1. The third-order valence-electron chi connectivity index (χ3n) is 3.81. The molecular weight excluding hydrogens is 325 g/mol. The normalized spacial score (nSPS) is 14.7. The van der Waals surface area contributed by atoms with Crippen LogP contribution in [0.5, 0.6) is 0 Å². The average molecular weight is 354 g/mol. The lowest BCUT2D eigenvalue weighted by atomic mass is 10.1. The van der Waals surface area contributed by atoms with Gasteiger partial charge in [-0.2, -0.15) is 11.8 Å². The Labute approximate surface area is 148 Å². The number of nitrogens with zero attached hydrogens (tertiary/aromatic N) is 1. The molecular formula is C18H28FN3OS. The van der Waals surface area contributed by atoms with Crippen molar-refractivity contribution in [3.05, 3.63) is 35.1 Å². The number of aliphatic imine (C=N–C) groups is 1. The van der Waals surface area contributed by atoms with Crippen molar-refractivity contribution in [2.24, 2.45) is 10.9 Å². The molecule has 6 heteroatoms. The molecule has 0 unspecified atom stereocenters. The maximum absolute atomic E-state index is 13.4. The highest BCUT2D eigenvalue weighted by atomic mass is 32.2. The van der Waals surface area contributed by atoms with E-state index in [9.17, 15) is 4.39 Å². The zero-order valence-electron chi connectivity index (χ0n) is 14.6. The van der Waals surface area contributed by atoms with E-state index in [1.165, 1.54) is 18.9 Å². The monoisotopic (exact) mass is 353 g/mol. The number of benzene rings is 1. The molecule has 0 radical (unpaired) electrons. The Kier molecular flexibility index (Phi) is 8.39. The first-order chi connectivity index (χ1) is 11.7. The summed E-state index contributed by atoms with van der Waals surface area (Å²) in [6.45, 7) is 5.68. The van der Waals surface area contributed by atoms with Crippen molar-refractivity contribution in [3.8, 4) is 0 Å². The highest BCUT2D eigenvalue weighted by Crippen LogP contribution is 2.28. The van der Waals surface area contributed by atoms with Crippen molar-refractivity contribution in [2.45, 2.75) is 32.1 Å². The first-order valence-electron chi connectivity index (χ1n) is 8.59. The van der Waals surface area contributed by atoms with Crippen LogP contribution in [0.1, 0.15) is 30.9 Å². The van der Waals surface area contributed by atoms with Crippen molar-refractivity contribution in [1.29, 1.82) is 0 Å². The molecule has 24 heavy (non-hydrogen) atoms. The van der Waals surface area contributed by atoms with Gasteiger partial charge in [-0.05, 0) is 55.2 Å². The molecule has 1 aliphatic carbocycles. The number of ether oxygens (including phenoxy) is 1. The van der Waals surface area contributed by atoms with E-state index in [1.54, 1.807) is 17.8 Å². The lowest BCUT2D eigenvalue weighted by molar-refractivity contribution is 0.129. The maximum atomic E-state index is 13.4. The molecule has 1 aromatic carbocycles. The van der Waals surface area contributed by atoms with Crippen LogP contribution in [0.4, 0.5) is 4.39 Å². The number of rotatable bonds is 10. The van der Waals surface area contributed by atoms with E-state index < -0.39 is 0 Å². The van der Waals surface area contributed by atoms with Crippen LogP contribution < -0.4 is 10.6 Å². The average Bonchev–Trinajstić information content (AvgIpc) is 3.38. The van der Waals surface area contributed by atoms with Crippen molar-refractivity contribution < 1.29 is 9.13 Å². The van der Waals surface area contributed by atoms with Crippen LogP contribution in [0.15, 0.2) is 23.2 Å². The summed E-state index contributed by atoms with van der Waals surface area (Å²) in [6.07, 6.45) is 4.65. The molecule has 0 spiro atoms. The van der Waals surface area contributed by atoms with Gasteiger partial charge >= 0.3 is 0 Å². The molecule has 0 saturated heterocycles. The molecule has 1 aromatic rings. The summed E-state index contributed by atoms with van der Waals surface area (Å²) in [7, 11) is 0. The molecule has 0 heterocycles. The predicted octanol–water partition coefficient (Wildman–Crippen LogP) is 3.17. The Morgan fingerprint density at radius 3 is 2.88 bits per heavy atom. The summed E-state index contributed by atoms with van der Waals surface area (Å²) in [4.78, 5) is 4.61. The molecule has 0 aromatic heterocycles. The highest BCUT2D eigenvalue weighted by molar-refractivity contribution is 7.97. The predicted molar refractivity (Wildman–Crippen MR) is 100.0 cm³/mol. The second-order valence-corrected chi connectivity index (χ2v) is 6.85. The number of nitrogens with one attached hydrogen (secondary N) is 2. The number of thioether (sulfide) groups is 1. The van der Waals surface area contributed by atoms with E-state index in [1.807, 2.05) is 19.2 Å². The standard InChI is InChI=1S/C18H28FN3OS/c1-3-20-18(21-8-9-23-12-14-4-5-14)22-11-15-6-7-17(19)10-16(15)13-24-2/h6-7,10,14H,3-5,8-9,11-13H2,1-2H3,(H2,20,21,22). The van der Waals surface area contributed by atoms with Crippen molar-refractivity contribution in [1.82, 2.24) is 10.6 Å². The molecule has 1 saturated carbocycles. The van der Waals surface area contributed by atoms with Gasteiger partial charge in [-0.15, -0.1) is 0 Å². The molecule has 1 fully saturated rings. The zero-order valence-corrected chi connectivity index (χ0v) is 15.4. The Morgan fingerprint density at radius 2 is 2.17 bits per heavy atom. The Morgan fingerprint density at radius 1 is 1.33 bits per heavy atom. The summed E-state index contributed by atoms with van der Waals surface area (Å²) >= 11 is 1.69. The van der Waals surface area contributed by atoms with Crippen molar-refractivity contribution in [3.63, 3.8) is 0 Å². The van der Waals surface area contributed by atoms with Crippen LogP contribution in [0.2, 0.25) is 0 Å². The third kappa shape index (κ3) is 7.09. The van der Waals surface area contributed by atoms with E-state index in [4.69, 9.17) is 4.74 Å². The fourth-order valence-corrected chi connectivity index (χ4v) is 2.90. The third-order valence-corrected chi connectivity index (χ3v) is 4.41. The summed E-state index contributed by atoms with van der Waals surface area (Å²) in [5, 5.41) is 6.51. The highest BCUT2D eigenvalue weighted by Gasteiger charge is 2.20. The van der Waals surface area contributed by atoms with Crippen LogP contribution in [0, 0.1) is 11.7 Å². The molecule has 1 aliphatic rings. The van der Waals surface area contributed by atoms with Crippen LogP contribution in [0.3, 0.4) is 0 Å². The van der Waals surface area contributed by atoms with Gasteiger partial charge in [0.05, 0.1) is 13.2 Å². The molecule has 0 amide bonds. The van der Waals surface area contributed by atoms with Crippen LogP contribution in [0.25, 0.3) is 0 Å². The number of guanidine groups is 1. The van der Waals surface area contributed by atoms with E-state index in [2.05, 4.69) is 15.6 Å². The van der Waals surface area contributed by atoms with Gasteiger partial charge in [0.25, 0.3) is 0 Å². The first-order valence-corrected chi connectivity index (χ1v) is 9.98. The van der Waals surface area contributed by atoms with E-state index in [0.717, 1.165) is 48.5 Å². The topological polar surface area (TPSA) is 45.7 Å². The second-order valence-electron chi connectivity index (χ2n) is 5.99. The van der Waals surface area contributed by atoms with Crippen LogP contribution >= 0.6 is 11.8 Å². The lowest BCUT2D eigenvalue weighted by Crippen LogP contribution is -2.39. The van der Waals surface area contributed by atoms with Crippen molar-refractivity contribution >= 4 is 17.7 Å². The molecule has 2 N–H and O–H groups in total. The van der Waals surface area contributed by atoms with Gasteiger partial charge in [-0.1, -0.05) is 6.07 Å². The minimum absolute atomic E-state index is 0.190. The van der Waals surface area contributed by atoms with Gasteiger partial charge in [0, 0.05) is 25.4 Å².